The Labute approximate surface area is 197 Å². The van der Waals surface area contributed by atoms with Crippen LogP contribution < -0.4 is 10.1 Å². The molecule has 2 atom stereocenters. The number of methoxy groups -OCH3 is 1. The van der Waals surface area contributed by atoms with Gasteiger partial charge in [-0.1, -0.05) is 37.3 Å². The number of ether oxygens (including phenoxy) is 1. The van der Waals surface area contributed by atoms with Gasteiger partial charge in [0.2, 0.25) is 0 Å². The molecular weight excluding hydrogens is 420 g/mol. The maximum atomic E-state index is 12.9. The number of aromatic nitrogens is 1. The van der Waals surface area contributed by atoms with Crippen LogP contribution >= 0.6 is 11.6 Å². The van der Waals surface area contributed by atoms with E-state index in [1.165, 1.54) is 44.1 Å². The zero-order chi connectivity index (χ0) is 22.7. The quantitative estimate of drug-likeness (QED) is 0.519. The fraction of sp³-hybridized carbons (Fsp3) is 0.593. The van der Waals surface area contributed by atoms with Crippen molar-refractivity contribution in [2.24, 2.45) is 5.92 Å². The van der Waals surface area contributed by atoms with Gasteiger partial charge in [0.1, 0.15) is 5.75 Å². The minimum atomic E-state index is 0.0914. The van der Waals surface area contributed by atoms with Crippen LogP contribution in [0.15, 0.2) is 24.4 Å². The molecule has 2 aromatic rings. The van der Waals surface area contributed by atoms with Crippen molar-refractivity contribution in [2.45, 2.75) is 90.1 Å². The second kappa shape index (κ2) is 10.3. The summed E-state index contributed by atoms with van der Waals surface area (Å²) in [6.07, 6.45) is 12.8. The second-order valence-electron chi connectivity index (χ2n) is 9.85. The number of aryl methyl sites for hydroxylation is 1. The van der Waals surface area contributed by atoms with Crippen LogP contribution in [0, 0.1) is 19.8 Å². The number of benzene rings is 1. The van der Waals surface area contributed by atoms with Gasteiger partial charge < -0.3 is 14.6 Å². The maximum absolute atomic E-state index is 12.9. The Kier molecular flexibility index (Phi) is 7.50. The first-order valence-corrected chi connectivity index (χ1v) is 12.6. The fourth-order valence-electron chi connectivity index (χ4n) is 5.68. The topological polar surface area (TPSA) is 43.3 Å². The molecule has 0 spiro atoms. The zero-order valence-corrected chi connectivity index (χ0v) is 20.5. The molecule has 2 saturated carbocycles. The van der Waals surface area contributed by atoms with Crippen LogP contribution in [0.5, 0.6) is 5.75 Å². The summed E-state index contributed by atoms with van der Waals surface area (Å²) in [4.78, 5) is 12.9. The maximum Gasteiger partial charge on any atom is 0.253 e. The average Bonchev–Trinajstić information content (AvgIpc) is 3.16. The van der Waals surface area contributed by atoms with Gasteiger partial charge in [0.25, 0.3) is 5.91 Å². The van der Waals surface area contributed by atoms with E-state index in [0.717, 1.165) is 53.4 Å². The van der Waals surface area contributed by atoms with Crippen molar-refractivity contribution in [1.29, 1.82) is 0 Å². The van der Waals surface area contributed by atoms with E-state index in [4.69, 9.17) is 16.3 Å². The van der Waals surface area contributed by atoms with Gasteiger partial charge in [-0.15, -0.1) is 0 Å². The Bertz CT molecular complexity index is 945. The molecule has 2 unspecified atom stereocenters. The highest BCUT2D eigenvalue weighted by molar-refractivity contribution is 6.31. The Balaban J connectivity index is 1.42. The predicted octanol–water partition coefficient (Wildman–Crippen LogP) is 6.80. The summed E-state index contributed by atoms with van der Waals surface area (Å²) in [5.74, 6) is 2.09. The first-order chi connectivity index (χ1) is 15.5. The van der Waals surface area contributed by atoms with Crippen LogP contribution in [0.1, 0.15) is 90.9 Å². The summed E-state index contributed by atoms with van der Waals surface area (Å²) in [5.41, 5.74) is 4.21. The minimum absolute atomic E-state index is 0.0914. The normalized spacial score (nSPS) is 22.0. The number of nitrogens with zero attached hydrogens (tertiary/aromatic N) is 1. The molecule has 1 aromatic heterocycles. The molecule has 0 bridgehead atoms. The smallest absolute Gasteiger partial charge is 0.253 e. The van der Waals surface area contributed by atoms with Gasteiger partial charge in [-0.2, -0.15) is 0 Å². The van der Waals surface area contributed by atoms with E-state index < -0.39 is 0 Å². The van der Waals surface area contributed by atoms with Crippen LogP contribution in [0.25, 0.3) is 0 Å². The molecular formula is C27H37ClN2O2. The first kappa shape index (κ1) is 23.2. The molecule has 2 fully saturated rings. The van der Waals surface area contributed by atoms with Gasteiger partial charge in [0.15, 0.2) is 0 Å². The Morgan fingerprint density at radius 1 is 1.12 bits per heavy atom. The van der Waals surface area contributed by atoms with E-state index in [1.54, 1.807) is 7.11 Å². The first-order valence-electron chi connectivity index (χ1n) is 12.3. The zero-order valence-electron chi connectivity index (χ0n) is 19.8. The van der Waals surface area contributed by atoms with E-state index in [0.29, 0.717) is 17.9 Å². The van der Waals surface area contributed by atoms with Gasteiger partial charge in [-0.25, -0.2) is 0 Å². The van der Waals surface area contributed by atoms with E-state index >= 15 is 0 Å². The molecule has 1 amide bonds. The molecule has 0 aliphatic heterocycles. The lowest BCUT2D eigenvalue weighted by atomic mass is 9.77. The van der Waals surface area contributed by atoms with Crippen LogP contribution in [0.4, 0.5) is 0 Å². The van der Waals surface area contributed by atoms with Gasteiger partial charge >= 0.3 is 0 Å². The molecule has 1 aromatic carbocycles. The molecule has 0 radical (unpaired) electrons. The third kappa shape index (κ3) is 5.17. The van der Waals surface area contributed by atoms with Crippen molar-refractivity contribution >= 4 is 17.5 Å². The lowest BCUT2D eigenvalue weighted by Gasteiger charge is -2.31. The summed E-state index contributed by atoms with van der Waals surface area (Å²) >= 11 is 6.45. The molecule has 2 aliphatic rings. The molecule has 174 valence electrons. The number of hydrogen-bond donors (Lipinski definition) is 1. The molecule has 1 heterocycles. The Morgan fingerprint density at radius 2 is 1.91 bits per heavy atom. The van der Waals surface area contributed by atoms with Crippen LogP contribution in [0.2, 0.25) is 5.02 Å². The Hall–Kier alpha value is -1.94. The third-order valence-corrected chi connectivity index (χ3v) is 8.02. The number of halogens is 1. The number of hydrogen-bond acceptors (Lipinski definition) is 2. The van der Waals surface area contributed by atoms with Crippen LogP contribution in [0.3, 0.4) is 0 Å². The van der Waals surface area contributed by atoms with E-state index in [2.05, 4.69) is 35.1 Å². The summed E-state index contributed by atoms with van der Waals surface area (Å²) in [6.45, 7) is 5.06. The monoisotopic (exact) mass is 456 g/mol. The molecule has 4 nitrogen and oxygen atoms in total. The molecule has 1 N–H and O–H groups in total. The number of carbonyl (C=O) groups excluding carboxylic acids is 1. The second-order valence-corrected chi connectivity index (χ2v) is 10.3. The molecule has 32 heavy (non-hydrogen) atoms. The highest BCUT2D eigenvalue weighted by Crippen LogP contribution is 2.42. The summed E-state index contributed by atoms with van der Waals surface area (Å²) in [5, 5.41) is 4.08. The predicted molar refractivity (Wildman–Crippen MR) is 131 cm³/mol. The lowest BCUT2D eigenvalue weighted by molar-refractivity contribution is 0.0927. The van der Waals surface area contributed by atoms with Crippen molar-refractivity contribution in [1.82, 2.24) is 9.88 Å². The SMILES string of the molecule is COc1cc(C)c(Cl)cc1C1CCCC(Cn2ccc(C(=O)NC3CCCCC3)c2C)C1. The molecule has 4 rings (SSSR count). The Morgan fingerprint density at radius 3 is 2.66 bits per heavy atom. The van der Waals surface area contributed by atoms with Gasteiger partial charge in [0.05, 0.1) is 12.7 Å². The molecule has 0 saturated heterocycles. The largest absolute Gasteiger partial charge is 0.496 e. The minimum Gasteiger partial charge on any atom is -0.496 e. The summed E-state index contributed by atoms with van der Waals surface area (Å²) in [7, 11) is 1.75. The fourth-order valence-corrected chi connectivity index (χ4v) is 5.86. The van der Waals surface area contributed by atoms with E-state index in [1.807, 2.05) is 13.0 Å². The van der Waals surface area contributed by atoms with Gasteiger partial charge in [0, 0.05) is 29.5 Å². The van der Waals surface area contributed by atoms with Crippen LogP contribution in [-0.2, 0) is 6.54 Å². The number of rotatable bonds is 6. The molecule has 5 heteroatoms. The van der Waals surface area contributed by atoms with Crippen molar-refractivity contribution < 1.29 is 9.53 Å². The van der Waals surface area contributed by atoms with Gasteiger partial charge in [-0.3, -0.25) is 4.79 Å². The van der Waals surface area contributed by atoms with E-state index in [-0.39, 0.29) is 5.91 Å². The van der Waals surface area contributed by atoms with Crippen LogP contribution in [-0.4, -0.2) is 23.6 Å². The number of nitrogens with one attached hydrogen (secondary N) is 1. The third-order valence-electron chi connectivity index (χ3n) is 7.62. The summed E-state index contributed by atoms with van der Waals surface area (Å²) < 4.78 is 7.97. The van der Waals surface area contributed by atoms with Crippen molar-refractivity contribution in [3.8, 4) is 5.75 Å². The standard InChI is InChI=1S/C27H37ClN2O2/c1-18-14-26(32-3)24(16-25(18)28)21-9-7-8-20(15-21)17-30-13-12-23(19(30)2)27(31)29-22-10-5-4-6-11-22/h12-14,16,20-22H,4-11,15,17H2,1-3H3,(H,29,31). The van der Waals surface area contributed by atoms with Crippen molar-refractivity contribution in [3.05, 3.63) is 51.8 Å². The highest BCUT2D eigenvalue weighted by Gasteiger charge is 2.27. The lowest BCUT2D eigenvalue weighted by Crippen LogP contribution is -2.36. The highest BCUT2D eigenvalue weighted by atomic mass is 35.5. The van der Waals surface area contributed by atoms with Gasteiger partial charge in [-0.05, 0) is 87.1 Å². The average molecular weight is 457 g/mol. The van der Waals surface area contributed by atoms with Crippen molar-refractivity contribution in [3.63, 3.8) is 0 Å². The van der Waals surface area contributed by atoms with E-state index in [9.17, 15) is 4.79 Å². The molecule has 2 aliphatic carbocycles. The van der Waals surface area contributed by atoms with Crippen molar-refractivity contribution in [2.75, 3.05) is 7.11 Å². The number of carbonyl (C=O) groups is 1. The summed E-state index contributed by atoms with van der Waals surface area (Å²) in [6, 6.07) is 6.51. The number of amides is 1.